The first kappa shape index (κ1) is 19.0. The average molecular weight is 414 g/mol. The summed E-state index contributed by atoms with van der Waals surface area (Å²) >= 11 is 1.43. The number of carbonyl (C=O) groups is 2. The minimum atomic E-state index is -0.321. The zero-order valence-corrected chi connectivity index (χ0v) is 16.5. The van der Waals surface area contributed by atoms with E-state index < -0.39 is 0 Å². The first-order valence-corrected chi connectivity index (χ1v) is 9.78. The number of hydrogen-bond donors (Lipinski definition) is 3. The van der Waals surface area contributed by atoms with Crippen molar-refractivity contribution in [3.8, 4) is 5.75 Å². The molecule has 150 valence electrons. The number of nitrogens with one attached hydrogen (secondary N) is 3. The van der Waals surface area contributed by atoms with Crippen LogP contribution in [0.15, 0.2) is 34.3 Å². The van der Waals surface area contributed by atoms with Gasteiger partial charge in [-0.3, -0.25) is 24.0 Å². The Morgan fingerprint density at radius 2 is 2.21 bits per heavy atom. The third-order valence-corrected chi connectivity index (χ3v) is 5.56. The van der Waals surface area contributed by atoms with E-state index >= 15 is 0 Å². The maximum atomic E-state index is 12.7. The molecule has 1 atom stereocenters. The molecule has 0 saturated heterocycles. The van der Waals surface area contributed by atoms with Crippen LogP contribution in [0.1, 0.15) is 19.4 Å². The van der Waals surface area contributed by atoms with Crippen LogP contribution >= 0.6 is 11.8 Å². The second-order valence-corrected chi connectivity index (χ2v) is 7.50. The molecule has 2 aromatic heterocycles. The third kappa shape index (κ3) is 3.68. The van der Waals surface area contributed by atoms with E-state index in [0.29, 0.717) is 39.1 Å². The van der Waals surface area contributed by atoms with Gasteiger partial charge in [-0.15, -0.1) is 0 Å². The largest absolute Gasteiger partial charge is 0.495 e. The Morgan fingerprint density at radius 1 is 1.38 bits per heavy atom. The highest BCUT2D eigenvalue weighted by Gasteiger charge is 2.29. The number of benzene rings is 1. The molecule has 0 spiro atoms. The van der Waals surface area contributed by atoms with Crippen LogP contribution in [0.3, 0.4) is 0 Å². The van der Waals surface area contributed by atoms with Gasteiger partial charge in [-0.1, -0.05) is 11.8 Å². The molecule has 29 heavy (non-hydrogen) atoms. The van der Waals surface area contributed by atoms with Gasteiger partial charge in [-0.05, 0) is 18.2 Å². The molecule has 1 aliphatic heterocycles. The fourth-order valence-electron chi connectivity index (χ4n) is 3.21. The number of methoxy groups -OCH3 is 1. The van der Waals surface area contributed by atoms with Gasteiger partial charge in [0.15, 0.2) is 10.8 Å². The molecule has 0 radical (unpaired) electrons. The maximum absolute atomic E-state index is 12.7. The molecule has 3 N–H and O–H groups in total. The number of aromatic nitrogens is 4. The Morgan fingerprint density at radius 3 is 2.97 bits per heavy atom. The summed E-state index contributed by atoms with van der Waals surface area (Å²) in [5, 5.41) is 13.0. The summed E-state index contributed by atoms with van der Waals surface area (Å²) in [6, 6.07) is 4.64. The Bertz CT molecular complexity index is 1170. The number of fused-ring (bicyclic) bond motifs is 2. The lowest BCUT2D eigenvalue weighted by atomic mass is 10.2. The summed E-state index contributed by atoms with van der Waals surface area (Å²) in [6.45, 7) is 1.40. The molecule has 0 fully saturated rings. The maximum Gasteiger partial charge on any atom is 0.265 e. The number of nitrogens with zero attached hydrogens (tertiary/aromatic N) is 3. The molecule has 3 aromatic rings. The zero-order valence-electron chi connectivity index (χ0n) is 15.7. The predicted octanol–water partition coefficient (Wildman–Crippen LogP) is 1.76. The van der Waals surface area contributed by atoms with Gasteiger partial charge >= 0.3 is 0 Å². The second-order valence-electron chi connectivity index (χ2n) is 6.52. The number of aromatic amines is 1. The molecule has 0 aliphatic carbocycles. The van der Waals surface area contributed by atoms with Gasteiger partial charge in [0.05, 0.1) is 25.0 Å². The van der Waals surface area contributed by atoms with E-state index in [1.54, 1.807) is 22.8 Å². The normalized spacial score (nSPS) is 15.2. The predicted molar refractivity (Wildman–Crippen MR) is 108 cm³/mol. The van der Waals surface area contributed by atoms with Gasteiger partial charge in [-0.25, -0.2) is 4.98 Å². The SMILES string of the molecule is COc1ccc(NC(C)=O)cc1NC(=O)CC1CSc2nc3[nH]ncc3c(=O)n21. The van der Waals surface area contributed by atoms with Gasteiger partial charge in [0.1, 0.15) is 11.1 Å². The molecule has 2 amide bonds. The lowest BCUT2D eigenvalue weighted by Crippen LogP contribution is -2.27. The molecular weight excluding hydrogens is 396 g/mol. The highest BCUT2D eigenvalue weighted by Crippen LogP contribution is 2.34. The minimum absolute atomic E-state index is 0.0957. The van der Waals surface area contributed by atoms with Crippen LogP contribution < -0.4 is 20.9 Å². The molecule has 0 saturated carbocycles. The van der Waals surface area contributed by atoms with Gasteiger partial charge in [0.2, 0.25) is 11.8 Å². The number of hydrogen-bond acceptors (Lipinski definition) is 7. The Labute approximate surface area is 169 Å². The van der Waals surface area contributed by atoms with Gasteiger partial charge in [-0.2, -0.15) is 5.10 Å². The molecule has 1 aliphatic rings. The topological polar surface area (TPSA) is 131 Å². The van der Waals surface area contributed by atoms with E-state index in [1.165, 1.54) is 32.0 Å². The standard InChI is InChI=1S/C18H18N6O4S/c1-9(25)20-10-3-4-14(28-2)13(5-10)21-15(26)6-11-8-29-18-22-16-12(7-19-23-16)17(27)24(11)18/h3-5,7,11H,6,8H2,1-2H3,(H,19,23)(H,20,25)(H,21,26). The lowest BCUT2D eigenvalue weighted by molar-refractivity contribution is -0.117. The summed E-state index contributed by atoms with van der Waals surface area (Å²) in [5.41, 5.74) is 1.20. The van der Waals surface area contributed by atoms with Crippen molar-refractivity contribution in [2.45, 2.75) is 24.5 Å². The van der Waals surface area contributed by atoms with Crippen LogP contribution in [0, 0.1) is 0 Å². The molecule has 4 rings (SSSR count). The van der Waals surface area contributed by atoms with Crippen molar-refractivity contribution in [1.82, 2.24) is 19.7 Å². The van der Waals surface area contributed by atoms with E-state index in [4.69, 9.17) is 4.74 Å². The molecule has 0 bridgehead atoms. The molecule has 10 nitrogen and oxygen atoms in total. The molecule has 1 unspecified atom stereocenters. The van der Waals surface area contributed by atoms with Crippen LogP contribution in [0.25, 0.3) is 11.0 Å². The summed E-state index contributed by atoms with van der Waals surface area (Å²) in [4.78, 5) is 41.1. The van der Waals surface area contributed by atoms with Gasteiger partial charge < -0.3 is 15.4 Å². The number of H-pyrrole nitrogens is 1. The first-order valence-electron chi connectivity index (χ1n) is 8.80. The first-order chi connectivity index (χ1) is 14.0. The smallest absolute Gasteiger partial charge is 0.265 e. The number of amides is 2. The summed E-state index contributed by atoms with van der Waals surface area (Å²) in [7, 11) is 1.49. The summed E-state index contributed by atoms with van der Waals surface area (Å²) in [6.07, 6.45) is 1.54. The minimum Gasteiger partial charge on any atom is -0.495 e. The fourth-order valence-corrected chi connectivity index (χ4v) is 4.34. The zero-order chi connectivity index (χ0) is 20.5. The van der Waals surface area contributed by atoms with Crippen LogP contribution in [0.4, 0.5) is 11.4 Å². The number of anilines is 2. The number of rotatable bonds is 5. The lowest BCUT2D eigenvalue weighted by Gasteiger charge is -2.15. The van der Waals surface area contributed by atoms with Crippen molar-refractivity contribution in [1.29, 1.82) is 0 Å². The van der Waals surface area contributed by atoms with Crippen LogP contribution in [-0.4, -0.2) is 44.4 Å². The van der Waals surface area contributed by atoms with E-state index in [0.717, 1.165) is 0 Å². The molecule has 3 heterocycles. The Kier molecular flexibility index (Phi) is 4.97. The van der Waals surface area contributed by atoms with Crippen molar-refractivity contribution in [2.75, 3.05) is 23.5 Å². The van der Waals surface area contributed by atoms with Crippen LogP contribution in [0.5, 0.6) is 5.75 Å². The highest BCUT2D eigenvalue weighted by atomic mass is 32.2. The fraction of sp³-hybridized carbons (Fsp3) is 0.278. The third-order valence-electron chi connectivity index (χ3n) is 4.47. The Balaban J connectivity index is 1.55. The highest BCUT2D eigenvalue weighted by molar-refractivity contribution is 7.99. The van der Waals surface area contributed by atoms with E-state index in [-0.39, 0.29) is 29.8 Å². The van der Waals surface area contributed by atoms with E-state index in [2.05, 4.69) is 25.8 Å². The number of carbonyl (C=O) groups excluding carboxylic acids is 2. The quantitative estimate of drug-likeness (QED) is 0.542. The monoisotopic (exact) mass is 414 g/mol. The van der Waals surface area contributed by atoms with Gasteiger partial charge in [0, 0.05) is 24.8 Å². The van der Waals surface area contributed by atoms with Crippen molar-refractivity contribution < 1.29 is 14.3 Å². The van der Waals surface area contributed by atoms with Crippen LogP contribution in [-0.2, 0) is 9.59 Å². The summed E-state index contributed by atoms with van der Waals surface area (Å²) in [5.74, 6) is 0.539. The molecular formula is C18H18N6O4S. The molecule has 1 aromatic carbocycles. The second kappa shape index (κ2) is 7.59. The average Bonchev–Trinajstić information content (AvgIpc) is 3.29. The van der Waals surface area contributed by atoms with Crippen molar-refractivity contribution in [3.63, 3.8) is 0 Å². The van der Waals surface area contributed by atoms with Crippen molar-refractivity contribution >= 4 is 46.0 Å². The number of thioether (sulfide) groups is 1. The van der Waals surface area contributed by atoms with E-state index in [9.17, 15) is 14.4 Å². The summed E-state index contributed by atoms with van der Waals surface area (Å²) < 4.78 is 6.83. The number of ether oxygens (including phenoxy) is 1. The van der Waals surface area contributed by atoms with Gasteiger partial charge in [0.25, 0.3) is 5.56 Å². The van der Waals surface area contributed by atoms with Crippen molar-refractivity contribution in [2.24, 2.45) is 0 Å². The van der Waals surface area contributed by atoms with E-state index in [1.807, 2.05) is 0 Å². The Hall–Kier alpha value is -3.34. The van der Waals surface area contributed by atoms with Crippen LogP contribution in [0.2, 0.25) is 0 Å². The molecule has 11 heteroatoms. The van der Waals surface area contributed by atoms with Crippen molar-refractivity contribution in [3.05, 3.63) is 34.7 Å².